The Hall–Kier alpha value is -3.19. The molecule has 1 fully saturated rings. The van der Waals surface area contributed by atoms with Crippen molar-refractivity contribution >= 4 is 22.7 Å². The van der Waals surface area contributed by atoms with Gasteiger partial charge in [-0.05, 0) is 44.2 Å². The van der Waals surface area contributed by atoms with E-state index in [2.05, 4.69) is 5.43 Å². The number of fused-ring (bicyclic) bond motifs is 1. The average Bonchev–Trinajstić information content (AvgIpc) is 3.13. The van der Waals surface area contributed by atoms with Crippen molar-refractivity contribution in [1.82, 2.24) is 20.3 Å². The summed E-state index contributed by atoms with van der Waals surface area (Å²) < 4.78 is 5.74. The SMILES string of the molecule is CC(=O)NN1CCN(C(=O)c2cc(-c3ccc(C)o3)nc3ccc(C)cc23)CC1. The molecule has 0 unspecified atom stereocenters. The Balaban J connectivity index is 1.69. The first-order valence-corrected chi connectivity index (χ1v) is 9.70. The highest BCUT2D eigenvalue weighted by Gasteiger charge is 2.25. The Kier molecular flexibility index (Phi) is 5.07. The number of hydrazine groups is 1. The molecule has 0 atom stereocenters. The molecule has 2 amide bonds. The third-order valence-corrected chi connectivity index (χ3v) is 5.07. The number of nitrogens with one attached hydrogen (secondary N) is 1. The lowest BCUT2D eigenvalue weighted by Crippen LogP contribution is -2.54. The molecule has 4 rings (SSSR count). The van der Waals surface area contributed by atoms with E-state index in [9.17, 15) is 9.59 Å². The highest BCUT2D eigenvalue weighted by atomic mass is 16.3. The van der Waals surface area contributed by atoms with Crippen LogP contribution in [0.2, 0.25) is 0 Å². The minimum Gasteiger partial charge on any atom is -0.460 e. The van der Waals surface area contributed by atoms with Crippen molar-refractivity contribution in [2.24, 2.45) is 0 Å². The van der Waals surface area contributed by atoms with Crippen LogP contribution < -0.4 is 5.43 Å². The number of furan rings is 1. The molecule has 0 radical (unpaired) electrons. The van der Waals surface area contributed by atoms with Crippen LogP contribution in [0.25, 0.3) is 22.4 Å². The molecule has 3 aromatic rings. The fraction of sp³-hybridized carbons (Fsp3) is 0.318. The van der Waals surface area contributed by atoms with Crippen molar-refractivity contribution in [3.63, 3.8) is 0 Å². The third kappa shape index (κ3) is 4.00. The van der Waals surface area contributed by atoms with E-state index >= 15 is 0 Å². The van der Waals surface area contributed by atoms with E-state index < -0.39 is 0 Å². The Morgan fingerprint density at radius 2 is 1.79 bits per heavy atom. The minimum absolute atomic E-state index is 0.0324. The number of amides is 2. The zero-order valence-corrected chi connectivity index (χ0v) is 16.9. The van der Waals surface area contributed by atoms with Crippen LogP contribution in [0.4, 0.5) is 0 Å². The van der Waals surface area contributed by atoms with E-state index in [1.165, 1.54) is 6.92 Å². The molecular formula is C22H24N4O3. The van der Waals surface area contributed by atoms with Crippen molar-refractivity contribution in [2.45, 2.75) is 20.8 Å². The number of carbonyl (C=O) groups excluding carboxylic acids is 2. The molecule has 1 aromatic carbocycles. The molecule has 150 valence electrons. The molecule has 1 aliphatic rings. The summed E-state index contributed by atoms with van der Waals surface area (Å²) in [6.07, 6.45) is 0. The number of aromatic nitrogens is 1. The smallest absolute Gasteiger partial charge is 0.254 e. The zero-order chi connectivity index (χ0) is 20.5. The monoisotopic (exact) mass is 392 g/mol. The lowest BCUT2D eigenvalue weighted by molar-refractivity contribution is -0.124. The van der Waals surface area contributed by atoms with E-state index in [4.69, 9.17) is 9.40 Å². The molecule has 2 aromatic heterocycles. The topological polar surface area (TPSA) is 78.7 Å². The molecule has 1 saturated heterocycles. The lowest BCUT2D eigenvalue weighted by Gasteiger charge is -2.34. The summed E-state index contributed by atoms with van der Waals surface area (Å²) in [5.41, 5.74) is 5.89. The number of aryl methyl sites for hydroxylation is 2. The van der Waals surface area contributed by atoms with Gasteiger partial charge in [0, 0.05) is 38.5 Å². The number of hydrogen-bond donors (Lipinski definition) is 1. The molecule has 7 nitrogen and oxygen atoms in total. The summed E-state index contributed by atoms with van der Waals surface area (Å²) in [6.45, 7) is 7.65. The molecule has 1 N–H and O–H groups in total. The summed E-state index contributed by atoms with van der Waals surface area (Å²) >= 11 is 0. The Morgan fingerprint density at radius 1 is 1.03 bits per heavy atom. The van der Waals surface area contributed by atoms with Crippen LogP contribution >= 0.6 is 0 Å². The van der Waals surface area contributed by atoms with Gasteiger partial charge in [-0.15, -0.1) is 0 Å². The van der Waals surface area contributed by atoms with E-state index in [1.807, 2.05) is 60.2 Å². The van der Waals surface area contributed by atoms with Crippen LogP contribution in [0, 0.1) is 13.8 Å². The highest BCUT2D eigenvalue weighted by molar-refractivity contribution is 6.07. The van der Waals surface area contributed by atoms with Crippen molar-refractivity contribution in [3.05, 3.63) is 53.3 Å². The molecule has 7 heteroatoms. The number of pyridine rings is 1. The van der Waals surface area contributed by atoms with Gasteiger partial charge in [0.25, 0.3) is 5.91 Å². The van der Waals surface area contributed by atoms with Crippen molar-refractivity contribution in [3.8, 4) is 11.5 Å². The Morgan fingerprint density at radius 3 is 2.45 bits per heavy atom. The van der Waals surface area contributed by atoms with Crippen LogP contribution in [0.15, 0.2) is 40.8 Å². The Bertz CT molecular complexity index is 1080. The number of piperazine rings is 1. The zero-order valence-electron chi connectivity index (χ0n) is 16.9. The fourth-order valence-corrected chi connectivity index (χ4v) is 3.63. The second kappa shape index (κ2) is 7.67. The fourth-order valence-electron chi connectivity index (χ4n) is 3.63. The number of carbonyl (C=O) groups is 2. The molecule has 1 aliphatic heterocycles. The summed E-state index contributed by atoms with van der Waals surface area (Å²) in [7, 11) is 0. The first-order valence-electron chi connectivity index (χ1n) is 9.70. The number of benzene rings is 1. The first-order chi connectivity index (χ1) is 13.9. The summed E-state index contributed by atoms with van der Waals surface area (Å²) in [6, 6.07) is 11.5. The summed E-state index contributed by atoms with van der Waals surface area (Å²) in [4.78, 5) is 31.2. The highest BCUT2D eigenvalue weighted by Crippen LogP contribution is 2.28. The van der Waals surface area contributed by atoms with Gasteiger partial charge in [-0.2, -0.15) is 0 Å². The number of hydrogen-bond acceptors (Lipinski definition) is 5. The van der Waals surface area contributed by atoms with Crippen LogP contribution in [-0.2, 0) is 4.79 Å². The molecule has 0 spiro atoms. The van der Waals surface area contributed by atoms with Crippen molar-refractivity contribution < 1.29 is 14.0 Å². The molecule has 0 saturated carbocycles. The van der Waals surface area contributed by atoms with Gasteiger partial charge in [0.15, 0.2) is 5.76 Å². The van der Waals surface area contributed by atoms with E-state index in [-0.39, 0.29) is 11.8 Å². The van der Waals surface area contributed by atoms with Crippen LogP contribution in [0.1, 0.15) is 28.6 Å². The Labute approximate surface area is 169 Å². The van der Waals surface area contributed by atoms with Crippen LogP contribution in [-0.4, -0.2) is 52.9 Å². The van der Waals surface area contributed by atoms with Gasteiger partial charge in [0.05, 0.1) is 11.1 Å². The average molecular weight is 392 g/mol. The molecule has 3 heterocycles. The molecular weight excluding hydrogens is 368 g/mol. The largest absolute Gasteiger partial charge is 0.460 e. The third-order valence-electron chi connectivity index (χ3n) is 5.07. The van der Waals surface area contributed by atoms with Gasteiger partial charge in [-0.25, -0.2) is 9.99 Å². The van der Waals surface area contributed by atoms with Gasteiger partial charge in [-0.3, -0.25) is 15.0 Å². The lowest BCUT2D eigenvalue weighted by atomic mass is 10.0. The van der Waals surface area contributed by atoms with Gasteiger partial charge in [-0.1, -0.05) is 11.6 Å². The molecule has 29 heavy (non-hydrogen) atoms. The minimum atomic E-state index is -0.0984. The quantitative estimate of drug-likeness (QED) is 0.741. The van der Waals surface area contributed by atoms with Gasteiger partial charge in [0.1, 0.15) is 11.5 Å². The summed E-state index contributed by atoms with van der Waals surface area (Å²) in [5.74, 6) is 1.32. The van der Waals surface area contributed by atoms with Crippen molar-refractivity contribution in [1.29, 1.82) is 0 Å². The van der Waals surface area contributed by atoms with Gasteiger partial charge >= 0.3 is 0 Å². The van der Waals surface area contributed by atoms with Crippen molar-refractivity contribution in [2.75, 3.05) is 26.2 Å². The van der Waals surface area contributed by atoms with Gasteiger partial charge < -0.3 is 9.32 Å². The number of nitrogens with zero attached hydrogens (tertiary/aromatic N) is 3. The van der Waals surface area contributed by atoms with E-state index in [1.54, 1.807) is 0 Å². The summed E-state index contributed by atoms with van der Waals surface area (Å²) in [5, 5.41) is 2.68. The maximum Gasteiger partial charge on any atom is 0.254 e. The van der Waals surface area contributed by atoms with Crippen LogP contribution in [0.5, 0.6) is 0 Å². The predicted molar refractivity (Wildman–Crippen MR) is 110 cm³/mol. The normalized spacial score (nSPS) is 14.9. The molecule has 0 aliphatic carbocycles. The van der Waals surface area contributed by atoms with Gasteiger partial charge in [0.2, 0.25) is 5.91 Å². The maximum absolute atomic E-state index is 13.4. The second-order valence-corrected chi connectivity index (χ2v) is 7.43. The standard InChI is InChI=1S/C22H24N4O3/c1-14-4-6-19-17(12-14)18(13-20(23-19)21-7-5-15(2)29-21)22(28)25-8-10-26(11-9-25)24-16(3)27/h4-7,12-13H,8-11H2,1-3H3,(H,24,27). The number of rotatable bonds is 3. The predicted octanol–water partition coefficient (Wildman–Crippen LogP) is 2.92. The second-order valence-electron chi connectivity index (χ2n) is 7.43. The van der Waals surface area contributed by atoms with E-state index in [0.717, 1.165) is 22.2 Å². The first kappa shape index (κ1) is 19.1. The maximum atomic E-state index is 13.4. The molecule has 0 bridgehead atoms. The van der Waals surface area contributed by atoms with E-state index in [0.29, 0.717) is 43.2 Å². The van der Waals surface area contributed by atoms with Crippen LogP contribution in [0.3, 0.4) is 0 Å².